The van der Waals surface area contributed by atoms with Crippen molar-refractivity contribution in [2.75, 3.05) is 13.7 Å². The average molecular weight is 297 g/mol. The molecule has 0 saturated heterocycles. The van der Waals surface area contributed by atoms with Gasteiger partial charge in [-0.15, -0.1) is 0 Å². The smallest absolute Gasteiger partial charge is 0.330 e. The Morgan fingerprint density at radius 3 is 2.81 bits per heavy atom. The van der Waals surface area contributed by atoms with E-state index in [9.17, 15) is 18.4 Å². The number of hydrogen-bond acceptors (Lipinski definition) is 3. The van der Waals surface area contributed by atoms with Crippen molar-refractivity contribution in [3.8, 4) is 0 Å². The van der Waals surface area contributed by atoms with Crippen LogP contribution in [0.2, 0.25) is 0 Å². The molecule has 4 nitrogen and oxygen atoms in total. The largest absolute Gasteiger partial charge is 0.466 e. The van der Waals surface area contributed by atoms with Crippen molar-refractivity contribution in [2.24, 2.45) is 0 Å². The van der Waals surface area contributed by atoms with E-state index in [1.807, 2.05) is 0 Å². The van der Waals surface area contributed by atoms with Crippen LogP contribution in [0.15, 0.2) is 30.4 Å². The first-order valence-electron chi connectivity index (χ1n) is 6.48. The van der Waals surface area contributed by atoms with Gasteiger partial charge >= 0.3 is 5.97 Å². The molecular weight excluding hydrogens is 280 g/mol. The lowest BCUT2D eigenvalue weighted by molar-refractivity contribution is -0.134. The van der Waals surface area contributed by atoms with Crippen molar-refractivity contribution in [3.05, 3.63) is 47.5 Å². The Bertz CT molecular complexity index is 530. The minimum Gasteiger partial charge on any atom is -0.466 e. The summed E-state index contributed by atoms with van der Waals surface area (Å²) >= 11 is 0. The average Bonchev–Trinajstić information content (AvgIpc) is 2.47. The van der Waals surface area contributed by atoms with Crippen molar-refractivity contribution < 1.29 is 23.1 Å². The fourth-order valence-corrected chi connectivity index (χ4v) is 1.61. The minimum atomic E-state index is -0.528. The van der Waals surface area contributed by atoms with Gasteiger partial charge in [0.25, 0.3) is 0 Å². The molecule has 114 valence electrons. The molecule has 0 fully saturated rings. The summed E-state index contributed by atoms with van der Waals surface area (Å²) < 4.78 is 30.7. The Hall–Kier alpha value is -2.24. The van der Waals surface area contributed by atoms with Crippen molar-refractivity contribution in [1.82, 2.24) is 5.32 Å². The molecule has 1 aromatic carbocycles. The van der Waals surface area contributed by atoms with E-state index < -0.39 is 17.6 Å². The first kappa shape index (κ1) is 16.8. The number of benzene rings is 1. The standard InChI is InChI=1S/C15H17F2NO3/c1-21-15(20)4-2-3-9-18-14(19)8-5-11-10-12(16)6-7-13(11)17/h2,4,6-7,10H,3,5,8-9H2,1H3,(H,18,19)/b4-2+. The second-order valence-corrected chi connectivity index (χ2v) is 4.30. The van der Waals surface area contributed by atoms with E-state index in [2.05, 4.69) is 10.1 Å². The molecule has 0 bridgehead atoms. The van der Waals surface area contributed by atoms with Gasteiger partial charge in [0.15, 0.2) is 0 Å². The number of methoxy groups -OCH3 is 1. The number of carbonyl (C=O) groups excluding carboxylic acids is 2. The highest BCUT2D eigenvalue weighted by Crippen LogP contribution is 2.11. The molecule has 0 aliphatic rings. The summed E-state index contributed by atoms with van der Waals surface area (Å²) in [6.45, 7) is 0.359. The number of carbonyl (C=O) groups is 2. The molecule has 1 rings (SSSR count). The minimum absolute atomic E-state index is 0.0705. The van der Waals surface area contributed by atoms with Crippen LogP contribution in [0.1, 0.15) is 18.4 Å². The summed E-state index contributed by atoms with van der Waals surface area (Å²) in [5.74, 6) is -1.77. The molecule has 1 aromatic rings. The third-order valence-electron chi connectivity index (χ3n) is 2.72. The fourth-order valence-electron chi connectivity index (χ4n) is 1.61. The van der Waals surface area contributed by atoms with Crippen molar-refractivity contribution >= 4 is 11.9 Å². The number of aryl methyl sites for hydroxylation is 1. The lowest BCUT2D eigenvalue weighted by atomic mass is 10.1. The van der Waals surface area contributed by atoms with E-state index in [-0.39, 0.29) is 24.3 Å². The molecule has 0 atom stereocenters. The topological polar surface area (TPSA) is 55.4 Å². The molecule has 0 radical (unpaired) electrons. The van der Waals surface area contributed by atoms with Gasteiger partial charge in [0, 0.05) is 19.0 Å². The second kappa shape index (κ2) is 8.84. The second-order valence-electron chi connectivity index (χ2n) is 4.30. The van der Waals surface area contributed by atoms with Crippen LogP contribution in [0.3, 0.4) is 0 Å². The number of amides is 1. The number of halogens is 2. The van der Waals surface area contributed by atoms with Crippen LogP contribution in [0.5, 0.6) is 0 Å². The molecule has 0 heterocycles. The van der Waals surface area contributed by atoms with Gasteiger partial charge in [-0.3, -0.25) is 4.79 Å². The summed E-state index contributed by atoms with van der Waals surface area (Å²) in [5, 5.41) is 2.62. The van der Waals surface area contributed by atoms with E-state index >= 15 is 0 Å². The zero-order chi connectivity index (χ0) is 15.7. The van der Waals surface area contributed by atoms with Gasteiger partial charge in [-0.05, 0) is 36.6 Å². The van der Waals surface area contributed by atoms with Crippen molar-refractivity contribution in [1.29, 1.82) is 0 Å². The molecular formula is C15H17F2NO3. The van der Waals surface area contributed by atoms with Crippen LogP contribution in [-0.4, -0.2) is 25.5 Å². The molecule has 0 unspecified atom stereocenters. The highest BCUT2D eigenvalue weighted by atomic mass is 19.1. The lowest BCUT2D eigenvalue weighted by Gasteiger charge is -2.05. The van der Waals surface area contributed by atoms with E-state index in [1.54, 1.807) is 6.08 Å². The molecule has 6 heteroatoms. The van der Waals surface area contributed by atoms with E-state index in [4.69, 9.17) is 0 Å². The van der Waals surface area contributed by atoms with Gasteiger partial charge in [-0.2, -0.15) is 0 Å². The molecule has 1 amide bonds. The molecule has 1 N–H and O–H groups in total. The Balaban J connectivity index is 2.27. The number of nitrogens with one attached hydrogen (secondary N) is 1. The van der Waals surface area contributed by atoms with Gasteiger partial charge in [-0.25, -0.2) is 13.6 Å². The van der Waals surface area contributed by atoms with E-state index in [1.165, 1.54) is 13.2 Å². The van der Waals surface area contributed by atoms with E-state index in [0.717, 1.165) is 18.2 Å². The van der Waals surface area contributed by atoms with Gasteiger partial charge in [0.05, 0.1) is 7.11 Å². The highest BCUT2D eigenvalue weighted by Gasteiger charge is 2.07. The maximum Gasteiger partial charge on any atom is 0.330 e. The summed E-state index contributed by atoms with van der Waals surface area (Å²) in [6, 6.07) is 3.16. The molecule has 0 saturated carbocycles. The summed E-state index contributed by atoms with van der Waals surface area (Å²) in [5.41, 5.74) is 0.177. The van der Waals surface area contributed by atoms with E-state index in [0.29, 0.717) is 13.0 Å². The number of hydrogen-bond donors (Lipinski definition) is 1. The van der Waals surface area contributed by atoms with Crippen molar-refractivity contribution in [3.63, 3.8) is 0 Å². The van der Waals surface area contributed by atoms with Crippen LogP contribution < -0.4 is 5.32 Å². The quantitative estimate of drug-likeness (QED) is 0.476. The highest BCUT2D eigenvalue weighted by molar-refractivity contribution is 5.81. The van der Waals surface area contributed by atoms with Crippen molar-refractivity contribution in [2.45, 2.75) is 19.3 Å². The van der Waals surface area contributed by atoms with Crippen LogP contribution in [0.4, 0.5) is 8.78 Å². The van der Waals surface area contributed by atoms with Crippen LogP contribution in [-0.2, 0) is 20.7 Å². The SMILES string of the molecule is COC(=O)/C=C/CCNC(=O)CCc1cc(F)ccc1F. The molecule has 0 aromatic heterocycles. The summed E-state index contributed by atoms with van der Waals surface area (Å²) in [4.78, 5) is 22.3. The lowest BCUT2D eigenvalue weighted by Crippen LogP contribution is -2.24. The molecule has 21 heavy (non-hydrogen) atoms. The number of ether oxygens (including phenoxy) is 1. The third-order valence-corrected chi connectivity index (χ3v) is 2.72. The van der Waals surface area contributed by atoms with Gasteiger partial charge < -0.3 is 10.1 Å². The summed E-state index contributed by atoms with van der Waals surface area (Å²) in [7, 11) is 1.28. The van der Waals surface area contributed by atoms with Crippen LogP contribution in [0.25, 0.3) is 0 Å². The predicted octanol–water partition coefficient (Wildman–Crippen LogP) is 2.13. The summed E-state index contributed by atoms with van der Waals surface area (Å²) in [6.07, 6.45) is 3.54. The van der Waals surface area contributed by atoms with Gasteiger partial charge in [0.1, 0.15) is 11.6 Å². The first-order chi connectivity index (χ1) is 10.0. The number of esters is 1. The Morgan fingerprint density at radius 2 is 2.10 bits per heavy atom. The number of rotatable bonds is 7. The predicted molar refractivity (Wildman–Crippen MR) is 73.5 cm³/mol. The van der Waals surface area contributed by atoms with Gasteiger partial charge in [0.2, 0.25) is 5.91 Å². The molecule has 0 aliphatic carbocycles. The fraction of sp³-hybridized carbons (Fsp3) is 0.333. The molecule has 0 spiro atoms. The first-order valence-corrected chi connectivity index (χ1v) is 6.48. The Morgan fingerprint density at radius 1 is 1.33 bits per heavy atom. The molecule has 0 aliphatic heterocycles. The monoisotopic (exact) mass is 297 g/mol. The zero-order valence-electron chi connectivity index (χ0n) is 11.7. The Labute approximate surface area is 121 Å². The Kier molecular flexibility index (Phi) is 7.08. The third kappa shape index (κ3) is 6.65. The maximum atomic E-state index is 13.3. The maximum absolute atomic E-state index is 13.3. The normalized spacial score (nSPS) is 10.6. The van der Waals surface area contributed by atoms with Crippen LogP contribution >= 0.6 is 0 Å². The van der Waals surface area contributed by atoms with Gasteiger partial charge in [-0.1, -0.05) is 6.08 Å². The zero-order valence-corrected chi connectivity index (χ0v) is 11.7. The van der Waals surface area contributed by atoms with Crippen LogP contribution in [0, 0.1) is 11.6 Å².